The molecule has 2 N–H and O–H groups in total. The number of fused-ring (bicyclic) bond motifs is 1. The Morgan fingerprint density at radius 3 is 2.49 bits per heavy atom. The van der Waals surface area contributed by atoms with E-state index in [2.05, 4.69) is 10.3 Å². The van der Waals surface area contributed by atoms with Crippen LogP contribution in [0.25, 0.3) is 16.6 Å². The van der Waals surface area contributed by atoms with Crippen molar-refractivity contribution in [2.75, 3.05) is 11.6 Å². The number of nitrogens with one attached hydrogen (secondary N) is 2. The molecule has 9 nitrogen and oxygen atoms in total. The summed E-state index contributed by atoms with van der Waals surface area (Å²) in [5.41, 5.74) is -1.19. The predicted molar refractivity (Wildman–Crippen MR) is 141 cm³/mol. The lowest BCUT2D eigenvalue weighted by Gasteiger charge is -2.19. The van der Waals surface area contributed by atoms with Crippen LogP contribution in [-0.4, -0.2) is 28.8 Å². The fourth-order valence-electron chi connectivity index (χ4n) is 3.93. The predicted octanol–water partition coefficient (Wildman–Crippen LogP) is 2.72. The van der Waals surface area contributed by atoms with Crippen molar-refractivity contribution in [2.45, 2.75) is 12.7 Å². The number of nitrogens with zero attached hydrogens (tertiary/aromatic N) is 2. The number of sulfone groups is 1. The lowest BCUT2D eigenvalue weighted by molar-refractivity contribution is 0.601. The zero-order chi connectivity index (χ0) is 25.7. The number of pyridine rings is 1. The molecule has 0 spiro atoms. The SMILES string of the molecule is Cc1c(=O)n(C)c(Nc2ccc(I)cc2F)c2c(=O)[nH]c(=O)n(-c3cccc(CS(C)(=O)=O)c3)c12. The molecule has 0 aliphatic rings. The van der Waals surface area contributed by atoms with Gasteiger partial charge in [-0.3, -0.25) is 23.7 Å². The smallest absolute Gasteiger partial charge is 0.333 e. The molecule has 0 amide bonds. The molecular formula is C23H20FIN4O5S. The molecule has 4 rings (SSSR count). The molecule has 2 aromatic carbocycles. The van der Waals surface area contributed by atoms with Gasteiger partial charge in [-0.2, -0.15) is 0 Å². The number of aryl methyl sites for hydroxylation is 1. The lowest BCUT2D eigenvalue weighted by Crippen LogP contribution is -2.34. The second-order valence-electron chi connectivity index (χ2n) is 8.15. The molecule has 0 bridgehead atoms. The molecule has 2 heterocycles. The number of halogens is 2. The quantitative estimate of drug-likeness (QED) is 0.335. The molecule has 0 fully saturated rings. The summed E-state index contributed by atoms with van der Waals surface area (Å²) in [5.74, 6) is -0.842. The van der Waals surface area contributed by atoms with Gasteiger partial charge in [0.1, 0.15) is 17.0 Å². The number of hydrogen-bond donors (Lipinski definition) is 2. The summed E-state index contributed by atoms with van der Waals surface area (Å²) >= 11 is 1.96. The van der Waals surface area contributed by atoms with Gasteiger partial charge < -0.3 is 5.32 Å². The Balaban J connectivity index is 2.07. The van der Waals surface area contributed by atoms with Gasteiger partial charge in [-0.15, -0.1) is 0 Å². The number of hydrogen-bond acceptors (Lipinski definition) is 6. The summed E-state index contributed by atoms with van der Waals surface area (Å²) in [6, 6.07) is 10.7. The lowest BCUT2D eigenvalue weighted by atomic mass is 10.1. The van der Waals surface area contributed by atoms with E-state index in [1.54, 1.807) is 24.3 Å². The maximum absolute atomic E-state index is 14.6. The van der Waals surface area contributed by atoms with Crippen LogP contribution < -0.4 is 22.1 Å². The highest BCUT2D eigenvalue weighted by Gasteiger charge is 2.21. The van der Waals surface area contributed by atoms with Crippen LogP contribution >= 0.6 is 22.6 Å². The van der Waals surface area contributed by atoms with E-state index >= 15 is 0 Å². The van der Waals surface area contributed by atoms with Crippen molar-refractivity contribution in [3.63, 3.8) is 0 Å². The summed E-state index contributed by atoms with van der Waals surface area (Å²) in [7, 11) is -1.92. The summed E-state index contributed by atoms with van der Waals surface area (Å²) in [4.78, 5) is 41.3. The van der Waals surface area contributed by atoms with Gasteiger partial charge in [0, 0.05) is 22.4 Å². The average molecular weight is 610 g/mol. The van der Waals surface area contributed by atoms with E-state index in [4.69, 9.17) is 0 Å². The Kier molecular flexibility index (Phi) is 6.44. The zero-order valence-corrected chi connectivity index (χ0v) is 21.8. The zero-order valence-electron chi connectivity index (χ0n) is 18.8. The minimum absolute atomic E-state index is 0.00185. The van der Waals surface area contributed by atoms with Gasteiger partial charge in [0.15, 0.2) is 9.84 Å². The molecule has 0 unspecified atom stereocenters. The van der Waals surface area contributed by atoms with Crippen molar-refractivity contribution < 1.29 is 12.8 Å². The Labute approximate surface area is 212 Å². The van der Waals surface area contributed by atoms with E-state index in [0.29, 0.717) is 9.13 Å². The average Bonchev–Trinajstić information content (AvgIpc) is 2.75. The largest absolute Gasteiger partial charge is 0.338 e. The fraction of sp³-hybridized carbons (Fsp3) is 0.174. The number of aromatic nitrogens is 3. The topological polar surface area (TPSA) is 123 Å². The summed E-state index contributed by atoms with van der Waals surface area (Å²) in [5, 5.41) is 2.80. The molecule has 0 aliphatic carbocycles. The first-order valence-corrected chi connectivity index (χ1v) is 13.4. The maximum atomic E-state index is 14.6. The van der Waals surface area contributed by atoms with E-state index in [-0.39, 0.29) is 39.4 Å². The van der Waals surface area contributed by atoms with Crippen molar-refractivity contribution >= 4 is 54.8 Å². The van der Waals surface area contributed by atoms with Gasteiger partial charge in [0.05, 0.1) is 22.6 Å². The number of benzene rings is 2. The number of H-pyrrole nitrogens is 1. The Bertz CT molecular complexity index is 1790. The molecular weight excluding hydrogens is 590 g/mol. The number of aromatic amines is 1. The van der Waals surface area contributed by atoms with Gasteiger partial charge in [0.25, 0.3) is 11.1 Å². The van der Waals surface area contributed by atoms with E-state index in [1.807, 2.05) is 22.6 Å². The molecule has 0 atom stereocenters. The van der Waals surface area contributed by atoms with Crippen LogP contribution in [0.3, 0.4) is 0 Å². The number of anilines is 2. The third-order valence-corrected chi connectivity index (χ3v) is 6.97. The highest BCUT2D eigenvalue weighted by atomic mass is 127. The monoisotopic (exact) mass is 610 g/mol. The van der Waals surface area contributed by atoms with Crippen LogP contribution in [0.15, 0.2) is 56.8 Å². The molecule has 2 aromatic heterocycles. The van der Waals surface area contributed by atoms with Crippen LogP contribution in [0, 0.1) is 16.3 Å². The Morgan fingerprint density at radius 1 is 1.11 bits per heavy atom. The normalized spacial score (nSPS) is 11.7. The Hall–Kier alpha value is -3.26. The number of rotatable bonds is 5. The Morgan fingerprint density at radius 2 is 1.83 bits per heavy atom. The standard InChI is InChI=1S/C23H20FIN4O5S/c1-12-19-18(20(28(2)22(12)31)26-17-8-7-14(25)10-16(17)24)21(30)27-23(32)29(19)15-6-4-5-13(9-15)11-35(3,33)34/h4-10,26H,11H2,1-3H3,(H,27,30,32). The minimum atomic E-state index is -3.35. The van der Waals surface area contributed by atoms with Gasteiger partial charge in [0.2, 0.25) is 0 Å². The molecule has 12 heteroatoms. The molecule has 35 heavy (non-hydrogen) atoms. The maximum Gasteiger partial charge on any atom is 0.333 e. The van der Waals surface area contributed by atoms with Crippen molar-refractivity contribution in [3.05, 3.63) is 94.2 Å². The molecule has 0 radical (unpaired) electrons. The van der Waals surface area contributed by atoms with Gasteiger partial charge >= 0.3 is 5.69 Å². The molecule has 4 aromatic rings. The van der Waals surface area contributed by atoms with E-state index in [0.717, 1.165) is 10.8 Å². The summed E-state index contributed by atoms with van der Waals surface area (Å²) in [6.07, 6.45) is 1.09. The first kappa shape index (κ1) is 24.9. The molecule has 0 aliphatic heterocycles. The van der Waals surface area contributed by atoms with Crippen LogP contribution in [-0.2, 0) is 22.6 Å². The fourth-order valence-corrected chi connectivity index (χ4v) is 5.17. The van der Waals surface area contributed by atoms with Crippen LogP contribution in [0.1, 0.15) is 11.1 Å². The van der Waals surface area contributed by atoms with Gasteiger partial charge in [-0.25, -0.2) is 17.6 Å². The second-order valence-corrected chi connectivity index (χ2v) is 11.5. The third kappa shape index (κ3) is 4.80. The van der Waals surface area contributed by atoms with Crippen molar-refractivity contribution in [1.82, 2.24) is 14.1 Å². The van der Waals surface area contributed by atoms with E-state index < -0.39 is 32.5 Å². The third-order valence-electron chi connectivity index (χ3n) is 5.45. The van der Waals surface area contributed by atoms with Crippen LogP contribution in [0.4, 0.5) is 15.9 Å². The van der Waals surface area contributed by atoms with E-state index in [9.17, 15) is 27.2 Å². The van der Waals surface area contributed by atoms with Crippen molar-refractivity contribution in [2.24, 2.45) is 7.05 Å². The van der Waals surface area contributed by atoms with Gasteiger partial charge in [-0.1, -0.05) is 12.1 Å². The van der Waals surface area contributed by atoms with Gasteiger partial charge in [-0.05, 0) is 65.4 Å². The summed E-state index contributed by atoms with van der Waals surface area (Å²) < 4.78 is 41.1. The van der Waals surface area contributed by atoms with Crippen LogP contribution in [0.2, 0.25) is 0 Å². The second kappa shape index (κ2) is 9.07. The highest BCUT2D eigenvalue weighted by Crippen LogP contribution is 2.27. The molecule has 0 saturated carbocycles. The minimum Gasteiger partial charge on any atom is -0.338 e. The van der Waals surface area contributed by atoms with Crippen molar-refractivity contribution in [3.8, 4) is 5.69 Å². The first-order valence-electron chi connectivity index (χ1n) is 10.2. The van der Waals surface area contributed by atoms with Crippen molar-refractivity contribution in [1.29, 1.82) is 0 Å². The van der Waals surface area contributed by atoms with Crippen LogP contribution in [0.5, 0.6) is 0 Å². The van der Waals surface area contributed by atoms with E-state index in [1.165, 1.54) is 36.7 Å². The molecule has 182 valence electrons. The summed E-state index contributed by atoms with van der Waals surface area (Å²) in [6.45, 7) is 1.48. The highest BCUT2D eigenvalue weighted by molar-refractivity contribution is 14.1. The first-order chi connectivity index (χ1) is 16.4. The molecule has 0 saturated heterocycles.